The van der Waals surface area contributed by atoms with E-state index in [-0.39, 0.29) is 0 Å². The average Bonchev–Trinajstić information content (AvgIpc) is 2.97. The highest BCUT2D eigenvalue weighted by Crippen LogP contribution is 2.27. The quantitative estimate of drug-likeness (QED) is 0.688. The standard InChI is InChI=1S/C16H19ClN4/c1-5-20-16-15(12(4)19-20)18-14(9-17)21(16)13-7-6-10(2)8-11(13)3/h6-8H,5,9H2,1-4H3. The first kappa shape index (κ1) is 14.1. The summed E-state index contributed by atoms with van der Waals surface area (Å²) in [5.41, 5.74) is 6.49. The van der Waals surface area contributed by atoms with Gasteiger partial charge in [-0.25, -0.2) is 9.67 Å². The largest absolute Gasteiger partial charge is 0.280 e. The number of aromatic nitrogens is 4. The zero-order valence-corrected chi connectivity index (χ0v) is 13.6. The molecule has 4 nitrogen and oxygen atoms in total. The molecule has 0 spiro atoms. The zero-order chi connectivity index (χ0) is 15.1. The van der Waals surface area contributed by atoms with Crippen LogP contribution in [0.25, 0.3) is 16.9 Å². The number of fused-ring (bicyclic) bond motifs is 1. The van der Waals surface area contributed by atoms with Gasteiger partial charge in [-0.3, -0.25) is 4.57 Å². The lowest BCUT2D eigenvalue weighted by molar-refractivity contribution is 0.660. The maximum atomic E-state index is 6.13. The van der Waals surface area contributed by atoms with E-state index in [1.807, 2.05) is 11.6 Å². The third-order valence-corrected chi connectivity index (χ3v) is 4.03. The third kappa shape index (κ3) is 2.14. The van der Waals surface area contributed by atoms with Gasteiger partial charge in [0.2, 0.25) is 0 Å². The molecule has 0 saturated carbocycles. The fourth-order valence-corrected chi connectivity index (χ4v) is 3.01. The van der Waals surface area contributed by atoms with Gasteiger partial charge in [0.25, 0.3) is 0 Å². The van der Waals surface area contributed by atoms with E-state index >= 15 is 0 Å². The summed E-state index contributed by atoms with van der Waals surface area (Å²) >= 11 is 6.13. The number of nitrogens with zero attached hydrogens (tertiary/aromatic N) is 4. The second-order valence-electron chi connectivity index (χ2n) is 5.36. The Hall–Kier alpha value is -1.81. The van der Waals surface area contributed by atoms with E-state index in [0.717, 1.165) is 34.9 Å². The molecule has 0 fully saturated rings. The van der Waals surface area contributed by atoms with E-state index in [1.165, 1.54) is 11.1 Å². The minimum atomic E-state index is 0.380. The summed E-state index contributed by atoms with van der Waals surface area (Å²) in [7, 11) is 0. The molecule has 0 amide bonds. The van der Waals surface area contributed by atoms with Crippen LogP contribution in [0.3, 0.4) is 0 Å². The lowest BCUT2D eigenvalue weighted by atomic mass is 10.1. The molecule has 5 heteroatoms. The molecule has 0 aliphatic carbocycles. The molecule has 3 rings (SSSR count). The number of rotatable bonds is 3. The predicted octanol–water partition coefficient (Wildman–Crippen LogP) is 3.91. The van der Waals surface area contributed by atoms with Crippen LogP contribution in [-0.2, 0) is 12.4 Å². The summed E-state index contributed by atoms with van der Waals surface area (Å²) in [6, 6.07) is 6.43. The summed E-state index contributed by atoms with van der Waals surface area (Å²) in [4.78, 5) is 4.69. The SMILES string of the molecule is CCn1nc(C)c2nc(CCl)n(-c3ccc(C)cc3C)c21. The number of hydrogen-bond donors (Lipinski definition) is 0. The van der Waals surface area contributed by atoms with E-state index in [4.69, 9.17) is 11.6 Å². The van der Waals surface area contributed by atoms with E-state index in [9.17, 15) is 0 Å². The van der Waals surface area contributed by atoms with Crippen molar-refractivity contribution in [3.05, 3.63) is 40.8 Å². The van der Waals surface area contributed by atoms with Gasteiger partial charge in [0.1, 0.15) is 11.3 Å². The summed E-state index contributed by atoms with van der Waals surface area (Å²) in [5.74, 6) is 1.24. The minimum Gasteiger partial charge on any atom is -0.280 e. The number of hydrogen-bond acceptors (Lipinski definition) is 2. The molecule has 21 heavy (non-hydrogen) atoms. The maximum absolute atomic E-state index is 6.13. The van der Waals surface area contributed by atoms with E-state index in [1.54, 1.807) is 0 Å². The van der Waals surface area contributed by atoms with Crippen molar-refractivity contribution in [3.63, 3.8) is 0 Å². The first-order valence-corrected chi connectivity index (χ1v) is 7.68. The second-order valence-corrected chi connectivity index (χ2v) is 5.63. The van der Waals surface area contributed by atoms with Gasteiger partial charge < -0.3 is 0 Å². The summed E-state index contributed by atoms with van der Waals surface area (Å²) in [6.45, 7) is 9.11. The van der Waals surface area contributed by atoms with Gasteiger partial charge in [-0.05, 0) is 39.3 Å². The van der Waals surface area contributed by atoms with E-state index in [2.05, 4.69) is 53.6 Å². The van der Waals surface area contributed by atoms with Crippen LogP contribution in [0.2, 0.25) is 0 Å². The van der Waals surface area contributed by atoms with Crippen molar-refractivity contribution in [2.24, 2.45) is 0 Å². The van der Waals surface area contributed by atoms with Gasteiger partial charge in [0.15, 0.2) is 5.65 Å². The van der Waals surface area contributed by atoms with Crippen LogP contribution < -0.4 is 0 Å². The molecular weight excluding hydrogens is 284 g/mol. The molecule has 0 aliphatic heterocycles. The monoisotopic (exact) mass is 302 g/mol. The van der Waals surface area contributed by atoms with Crippen LogP contribution >= 0.6 is 11.6 Å². The number of halogens is 1. The van der Waals surface area contributed by atoms with Crippen LogP contribution in [0.1, 0.15) is 29.6 Å². The van der Waals surface area contributed by atoms with Crippen molar-refractivity contribution >= 4 is 22.8 Å². The van der Waals surface area contributed by atoms with Crippen LogP contribution in [0.4, 0.5) is 0 Å². The van der Waals surface area contributed by atoms with Crippen LogP contribution in [-0.4, -0.2) is 19.3 Å². The minimum absolute atomic E-state index is 0.380. The highest BCUT2D eigenvalue weighted by molar-refractivity contribution is 6.17. The molecule has 0 aliphatic rings. The van der Waals surface area contributed by atoms with Gasteiger partial charge >= 0.3 is 0 Å². The molecule has 0 atom stereocenters. The summed E-state index contributed by atoms with van der Waals surface area (Å²) in [6.07, 6.45) is 0. The second kappa shape index (κ2) is 5.19. The van der Waals surface area contributed by atoms with Crippen molar-refractivity contribution in [1.82, 2.24) is 19.3 Å². The summed E-state index contributed by atoms with van der Waals surface area (Å²) in [5, 5.41) is 4.57. The molecule has 0 radical (unpaired) electrons. The van der Waals surface area contributed by atoms with E-state index in [0.29, 0.717) is 5.88 Å². The predicted molar refractivity (Wildman–Crippen MR) is 86.3 cm³/mol. The number of alkyl halides is 1. The zero-order valence-electron chi connectivity index (χ0n) is 12.8. The first-order valence-electron chi connectivity index (χ1n) is 7.15. The van der Waals surface area contributed by atoms with Crippen LogP contribution in [0.5, 0.6) is 0 Å². The highest BCUT2D eigenvalue weighted by atomic mass is 35.5. The van der Waals surface area contributed by atoms with Gasteiger partial charge in [0, 0.05) is 6.54 Å². The van der Waals surface area contributed by atoms with Crippen molar-refractivity contribution < 1.29 is 0 Å². The normalized spacial score (nSPS) is 11.5. The molecule has 0 saturated heterocycles. The average molecular weight is 303 g/mol. The molecule has 2 heterocycles. The number of benzene rings is 1. The maximum Gasteiger partial charge on any atom is 0.163 e. The molecule has 0 unspecified atom stereocenters. The third-order valence-electron chi connectivity index (χ3n) is 3.79. The van der Waals surface area contributed by atoms with Crippen LogP contribution in [0.15, 0.2) is 18.2 Å². The van der Waals surface area contributed by atoms with Crippen molar-refractivity contribution in [2.75, 3.05) is 0 Å². The van der Waals surface area contributed by atoms with E-state index < -0.39 is 0 Å². The molecule has 2 aromatic heterocycles. The Morgan fingerprint density at radius 2 is 1.95 bits per heavy atom. The topological polar surface area (TPSA) is 35.6 Å². The number of aryl methyl sites for hydroxylation is 4. The van der Waals surface area contributed by atoms with Gasteiger partial charge in [-0.2, -0.15) is 5.10 Å². The Kier molecular flexibility index (Phi) is 3.49. The molecule has 110 valence electrons. The van der Waals surface area contributed by atoms with Gasteiger partial charge in [-0.15, -0.1) is 11.6 Å². The van der Waals surface area contributed by atoms with Crippen LogP contribution in [0, 0.1) is 20.8 Å². The lowest BCUT2D eigenvalue weighted by Gasteiger charge is -2.12. The van der Waals surface area contributed by atoms with Crippen molar-refractivity contribution in [3.8, 4) is 5.69 Å². The fraction of sp³-hybridized carbons (Fsp3) is 0.375. The Morgan fingerprint density at radius 1 is 1.19 bits per heavy atom. The Bertz CT molecular complexity index is 813. The Balaban J connectivity index is 2.39. The fourth-order valence-electron chi connectivity index (χ4n) is 2.83. The smallest absolute Gasteiger partial charge is 0.163 e. The molecule has 3 aromatic rings. The summed E-state index contributed by atoms with van der Waals surface area (Å²) < 4.78 is 4.13. The van der Waals surface area contributed by atoms with Gasteiger partial charge in [0.05, 0.1) is 17.3 Å². The van der Waals surface area contributed by atoms with Crippen molar-refractivity contribution in [1.29, 1.82) is 0 Å². The van der Waals surface area contributed by atoms with Gasteiger partial charge in [-0.1, -0.05) is 17.7 Å². The highest BCUT2D eigenvalue weighted by Gasteiger charge is 2.19. The molecular formula is C16H19ClN4. The van der Waals surface area contributed by atoms with Crippen molar-refractivity contribution in [2.45, 2.75) is 40.1 Å². The lowest BCUT2D eigenvalue weighted by Crippen LogP contribution is -2.07. The molecule has 0 N–H and O–H groups in total. The Labute approximate surface area is 129 Å². The number of imidazole rings is 1. The Morgan fingerprint density at radius 3 is 2.57 bits per heavy atom. The molecule has 1 aromatic carbocycles. The molecule has 0 bridgehead atoms. The first-order chi connectivity index (χ1) is 10.1.